The Bertz CT molecular complexity index is 1230. The van der Waals surface area contributed by atoms with Crippen LogP contribution in [0.3, 0.4) is 0 Å². The first-order valence-electron chi connectivity index (χ1n) is 9.56. The highest BCUT2D eigenvalue weighted by molar-refractivity contribution is 7.92. The SMILES string of the molecule is COc1ccc(N(C)S(=O)(=O)c2cccc(C(=O)N(C)Cc3ccc(Cl)c(Cl)c3)c2)cc1. The van der Waals surface area contributed by atoms with Gasteiger partial charge >= 0.3 is 0 Å². The number of benzene rings is 3. The van der Waals surface area contributed by atoms with E-state index in [1.807, 2.05) is 0 Å². The summed E-state index contributed by atoms with van der Waals surface area (Å²) in [6.07, 6.45) is 0. The van der Waals surface area contributed by atoms with Crippen LogP contribution in [0.1, 0.15) is 15.9 Å². The summed E-state index contributed by atoms with van der Waals surface area (Å²) in [4.78, 5) is 14.4. The highest BCUT2D eigenvalue weighted by Gasteiger charge is 2.23. The van der Waals surface area contributed by atoms with Crippen LogP contribution in [0.4, 0.5) is 5.69 Å². The van der Waals surface area contributed by atoms with Gasteiger partial charge in [-0.1, -0.05) is 35.3 Å². The molecule has 0 aliphatic rings. The Morgan fingerprint density at radius 2 is 1.62 bits per heavy atom. The normalized spacial score (nSPS) is 11.2. The number of hydrogen-bond acceptors (Lipinski definition) is 4. The molecule has 0 fully saturated rings. The van der Waals surface area contributed by atoms with Gasteiger partial charge in [-0.05, 0) is 60.2 Å². The molecule has 168 valence electrons. The lowest BCUT2D eigenvalue weighted by Crippen LogP contribution is -2.28. The van der Waals surface area contributed by atoms with Crippen molar-refractivity contribution in [3.8, 4) is 5.75 Å². The minimum Gasteiger partial charge on any atom is -0.497 e. The van der Waals surface area contributed by atoms with Gasteiger partial charge in [0.2, 0.25) is 0 Å². The third-order valence-corrected chi connectivity index (χ3v) is 7.45. The topological polar surface area (TPSA) is 66.9 Å². The molecule has 6 nitrogen and oxygen atoms in total. The minimum absolute atomic E-state index is 0.0182. The molecule has 0 aliphatic heterocycles. The lowest BCUT2D eigenvalue weighted by atomic mass is 10.1. The number of ether oxygens (including phenoxy) is 1. The number of anilines is 1. The van der Waals surface area contributed by atoms with Crippen LogP contribution in [0.25, 0.3) is 0 Å². The number of hydrogen-bond donors (Lipinski definition) is 0. The molecule has 0 saturated carbocycles. The molecule has 0 radical (unpaired) electrons. The lowest BCUT2D eigenvalue weighted by Gasteiger charge is -2.21. The summed E-state index contributed by atoms with van der Waals surface area (Å²) in [5.41, 5.74) is 1.54. The molecule has 32 heavy (non-hydrogen) atoms. The van der Waals surface area contributed by atoms with E-state index >= 15 is 0 Å². The zero-order valence-electron chi connectivity index (χ0n) is 17.7. The fourth-order valence-corrected chi connectivity index (χ4v) is 4.65. The van der Waals surface area contributed by atoms with Crippen LogP contribution < -0.4 is 9.04 Å². The van der Waals surface area contributed by atoms with E-state index in [-0.39, 0.29) is 16.4 Å². The molecule has 3 aromatic rings. The molecule has 0 aromatic heterocycles. The van der Waals surface area contributed by atoms with Crippen molar-refractivity contribution in [1.82, 2.24) is 4.90 Å². The average Bonchev–Trinajstić information content (AvgIpc) is 2.80. The Morgan fingerprint density at radius 1 is 0.938 bits per heavy atom. The van der Waals surface area contributed by atoms with Gasteiger partial charge in [-0.15, -0.1) is 0 Å². The summed E-state index contributed by atoms with van der Waals surface area (Å²) in [5, 5.41) is 0.836. The number of amides is 1. The molecule has 0 spiro atoms. The number of nitrogens with zero attached hydrogens (tertiary/aromatic N) is 2. The van der Waals surface area contributed by atoms with E-state index in [9.17, 15) is 13.2 Å². The minimum atomic E-state index is -3.87. The van der Waals surface area contributed by atoms with Gasteiger partial charge in [-0.2, -0.15) is 0 Å². The smallest absolute Gasteiger partial charge is 0.264 e. The van der Waals surface area contributed by atoms with Gasteiger partial charge in [-0.25, -0.2) is 8.42 Å². The molecule has 0 saturated heterocycles. The third kappa shape index (κ3) is 5.18. The summed E-state index contributed by atoms with van der Waals surface area (Å²) >= 11 is 12.0. The maximum atomic E-state index is 13.1. The van der Waals surface area contributed by atoms with Crippen LogP contribution in [0.2, 0.25) is 10.0 Å². The Morgan fingerprint density at radius 3 is 2.25 bits per heavy atom. The van der Waals surface area contributed by atoms with Gasteiger partial charge in [0.05, 0.1) is 27.7 Å². The van der Waals surface area contributed by atoms with E-state index in [1.165, 1.54) is 31.2 Å². The molecule has 3 aromatic carbocycles. The highest BCUT2D eigenvalue weighted by Crippen LogP contribution is 2.26. The zero-order valence-corrected chi connectivity index (χ0v) is 20.1. The predicted molar refractivity (Wildman–Crippen MR) is 127 cm³/mol. The van der Waals surface area contributed by atoms with Crippen molar-refractivity contribution in [2.24, 2.45) is 0 Å². The summed E-state index contributed by atoms with van der Waals surface area (Å²) in [6, 6.07) is 17.8. The largest absolute Gasteiger partial charge is 0.497 e. The van der Waals surface area contributed by atoms with E-state index in [4.69, 9.17) is 27.9 Å². The van der Waals surface area contributed by atoms with Crippen LogP contribution in [0.5, 0.6) is 5.75 Å². The highest BCUT2D eigenvalue weighted by atomic mass is 35.5. The molecule has 0 heterocycles. The monoisotopic (exact) mass is 492 g/mol. The van der Waals surface area contributed by atoms with E-state index in [1.54, 1.807) is 61.6 Å². The van der Waals surface area contributed by atoms with Crippen LogP contribution >= 0.6 is 23.2 Å². The van der Waals surface area contributed by atoms with Crippen LogP contribution in [0.15, 0.2) is 71.6 Å². The predicted octanol–water partition coefficient (Wildman–Crippen LogP) is 5.10. The molecule has 0 N–H and O–H groups in total. The van der Waals surface area contributed by atoms with Gasteiger partial charge in [-0.3, -0.25) is 9.10 Å². The van der Waals surface area contributed by atoms with Crippen molar-refractivity contribution in [2.75, 3.05) is 25.5 Å². The van der Waals surface area contributed by atoms with E-state index in [0.29, 0.717) is 28.0 Å². The maximum absolute atomic E-state index is 13.1. The Kier molecular flexibility index (Phi) is 7.33. The van der Waals surface area contributed by atoms with E-state index < -0.39 is 10.0 Å². The molecule has 1 amide bonds. The number of methoxy groups -OCH3 is 1. The lowest BCUT2D eigenvalue weighted by molar-refractivity contribution is 0.0785. The number of carbonyl (C=O) groups is 1. The Hall–Kier alpha value is -2.74. The Labute approximate surface area is 198 Å². The zero-order chi connectivity index (χ0) is 23.5. The molecule has 0 unspecified atom stereocenters. The van der Waals surface area contributed by atoms with Crippen LogP contribution in [0, 0.1) is 0 Å². The van der Waals surface area contributed by atoms with Gasteiger partial charge in [0.15, 0.2) is 0 Å². The van der Waals surface area contributed by atoms with Crippen molar-refractivity contribution in [2.45, 2.75) is 11.4 Å². The average molecular weight is 493 g/mol. The number of sulfonamides is 1. The van der Waals surface area contributed by atoms with Crippen molar-refractivity contribution in [1.29, 1.82) is 0 Å². The van der Waals surface area contributed by atoms with Crippen molar-refractivity contribution >= 4 is 44.8 Å². The first-order valence-corrected chi connectivity index (χ1v) is 11.8. The quantitative estimate of drug-likeness (QED) is 0.460. The summed E-state index contributed by atoms with van der Waals surface area (Å²) < 4.78 is 32.5. The molecule has 0 bridgehead atoms. The van der Waals surface area contributed by atoms with Crippen molar-refractivity contribution < 1.29 is 17.9 Å². The second-order valence-electron chi connectivity index (χ2n) is 7.11. The van der Waals surface area contributed by atoms with Gasteiger partial charge in [0, 0.05) is 26.2 Å². The Balaban J connectivity index is 1.82. The second kappa shape index (κ2) is 9.81. The maximum Gasteiger partial charge on any atom is 0.264 e. The molecule has 9 heteroatoms. The van der Waals surface area contributed by atoms with Crippen molar-refractivity contribution in [3.05, 3.63) is 87.9 Å². The summed E-state index contributed by atoms with van der Waals surface area (Å²) in [6.45, 7) is 0.290. The second-order valence-corrected chi connectivity index (χ2v) is 9.89. The fraction of sp³-hybridized carbons (Fsp3) is 0.174. The first-order chi connectivity index (χ1) is 15.1. The van der Waals surface area contributed by atoms with E-state index in [0.717, 1.165) is 9.87 Å². The molecule has 0 atom stereocenters. The summed E-state index contributed by atoms with van der Waals surface area (Å²) in [5.74, 6) is 0.303. The van der Waals surface area contributed by atoms with Gasteiger partial charge < -0.3 is 9.64 Å². The van der Waals surface area contributed by atoms with Crippen molar-refractivity contribution in [3.63, 3.8) is 0 Å². The van der Waals surface area contributed by atoms with E-state index in [2.05, 4.69) is 0 Å². The molecular formula is C23H22Cl2N2O4S. The molecule has 3 rings (SSSR count). The standard InChI is InChI=1S/C23H22Cl2N2O4S/c1-26(15-16-7-12-21(24)22(25)13-16)23(28)17-5-4-6-20(14-17)32(29,30)27(2)18-8-10-19(31-3)11-9-18/h4-14H,15H2,1-3H3. The fourth-order valence-electron chi connectivity index (χ4n) is 3.08. The van der Waals surface area contributed by atoms with Crippen LogP contribution in [-0.4, -0.2) is 40.4 Å². The number of carbonyl (C=O) groups excluding carboxylic acids is 1. The summed E-state index contributed by atoms with van der Waals surface area (Å²) in [7, 11) is 0.760. The first kappa shape index (κ1) is 23.9. The number of rotatable bonds is 7. The van der Waals surface area contributed by atoms with Gasteiger partial charge in [0.25, 0.3) is 15.9 Å². The number of halogens is 2. The third-order valence-electron chi connectivity index (χ3n) is 4.93. The van der Waals surface area contributed by atoms with Crippen LogP contribution in [-0.2, 0) is 16.6 Å². The molecular weight excluding hydrogens is 471 g/mol. The molecule has 0 aliphatic carbocycles. The van der Waals surface area contributed by atoms with Gasteiger partial charge in [0.1, 0.15) is 5.75 Å².